The molecule has 0 atom stereocenters. The second kappa shape index (κ2) is 10.9. The van der Waals surface area contributed by atoms with E-state index in [4.69, 9.17) is 17.0 Å². The van der Waals surface area contributed by atoms with Gasteiger partial charge in [0.25, 0.3) is 5.91 Å². The molecule has 0 radical (unpaired) electrons. The quantitative estimate of drug-likeness (QED) is 0.588. The molecular formula is C23H29N3O4S2. The Hall–Kier alpha value is -2.49. The van der Waals surface area contributed by atoms with Crippen molar-refractivity contribution in [2.75, 3.05) is 25.0 Å². The number of carbonyl (C=O) groups excluding carboxylic acids is 1. The van der Waals surface area contributed by atoms with Gasteiger partial charge in [-0.2, -0.15) is 4.31 Å². The van der Waals surface area contributed by atoms with Crippen LogP contribution in [0, 0.1) is 5.92 Å². The third kappa shape index (κ3) is 6.51. The molecule has 0 unspecified atom stereocenters. The molecule has 2 aromatic rings. The number of sulfonamides is 1. The SMILES string of the molecule is CC(C)COc1ccc(C(=O)NC(=S)Nc2ccc(S(=O)(=O)N3CCCCC3)cc2)cc1. The number of piperidine rings is 1. The number of benzene rings is 2. The zero-order chi connectivity index (χ0) is 23.1. The predicted octanol–water partition coefficient (Wildman–Crippen LogP) is 4.02. The summed E-state index contributed by atoms with van der Waals surface area (Å²) in [5.74, 6) is 0.776. The number of nitrogens with one attached hydrogen (secondary N) is 2. The number of anilines is 1. The minimum Gasteiger partial charge on any atom is -0.493 e. The summed E-state index contributed by atoms with van der Waals surface area (Å²) in [6, 6.07) is 13.2. The van der Waals surface area contributed by atoms with E-state index in [9.17, 15) is 13.2 Å². The normalized spacial score (nSPS) is 14.7. The predicted molar refractivity (Wildman–Crippen MR) is 130 cm³/mol. The van der Waals surface area contributed by atoms with E-state index in [1.807, 2.05) is 0 Å². The van der Waals surface area contributed by atoms with Crippen molar-refractivity contribution >= 4 is 38.9 Å². The summed E-state index contributed by atoms with van der Waals surface area (Å²) in [4.78, 5) is 12.7. The molecule has 3 rings (SSSR count). The van der Waals surface area contributed by atoms with Crippen LogP contribution in [0.15, 0.2) is 53.4 Å². The fourth-order valence-corrected chi connectivity index (χ4v) is 5.00. The van der Waals surface area contributed by atoms with Crippen LogP contribution in [-0.2, 0) is 10.0 Å². The summed E-state index contributed by atoms with van der Waals surface area (Å²) in [5, 5.41) is 5.66. The van der Waals surface area contributed by atoms with Crippen molar-refractivity contribution in [3.63, 3.8) is 0 Å². The van der Waals surface area contributed by atoms with Crippen LogP contribution >= 0.6 is 12.2 Å². The van der Waals surface area contributed by atoms with E-state index in [1.54, 1.807) is 48.5 Å². The molecule has 32 heavy (non-hydrogen) atoms. The zero-order valence-electron chi connectivity index (χ0n) is 18.3. The summed E-state index contributed by atoms with van der Waals surface area (Å²) in [5.41, 5.74) is 1.04. The zero-order valence-corrected chi connectivity index (χ0v) is 20.0. The molecule has 7 nitrogen and oxygen atoms in total. The third-order valence-corrected chi connectivity index (χ3v) is 7.11. The van der Waals surface area contributed by atoms with E-state index >= 15 is 0 Å². The molecule has 0 saturated carbocycles. The maximum absolute atomic E-state index is 12.7. The molecule has 172 valence electrons. The molecule has 1 aliphatic rings. The second-order valence-corrected chi connectivity index (χ2v) is 10.5. The summed E-state index contributed by atoms with van der Waals surface area (Å²) < 4.78 is 32.6. The van der Waals surface area contributed by atoms with E-state index in [0.29, 0.717) is 42.6 Å². The van der Waals surface area contributed by atoms with E-state index in [-0.39, 0.29) is 15.9 Å². The van der Waals surface area contributed by atoms with E-state index in [2.05, 4.69) is 24.5 Å². The van der Waals surface area contributed by atoms with Gasteiger partial charge < -0.3 is 10.1 Å². The lowest BCUT2D eigenvalue weighted by Gasteiger charge is -2.25. The molecule has 1 fully saturated rings. The summed E-state index contributed by atoms with van der Waals surface area (Å²) in [6.07, 6.45) is 2.84. The van der Waals surface area contributed by atoms with Gasteiger partial charge in [-0.3, -0.25) is 10.1 Å². The van der Waals surface area contributed by atoms with Gasteiger partial charge in [-0.15, -0.1) is 0 Å². The van der Waals surface area contributed by atoms with Gasteiger partial charge in [-0.1, -0.05) is 20.3 Å². The van der Waals surface area contributed by atoms with Crippen LogP contribution < -0.4 is 15.4 Å². The monoisotopic (exact) mass is 475 g/mol. The Morgan fingerprint density at radius 2 is 1.66 bits per heavy atom. The molecule has 1 saturated heterocycles. The Balaban J connectivity index is 1.55. The number of amides is 1. The highest BCUT2D eigenvalue weighted by atomic mass is 32.2. The van der Waals surface area contributed by atoms with Crippen molar-refractivity contribution < 1.29 is 17.9 Å². The van der Waals surface area contributed by atoms with Gasteiger partial charge in [0.15, 0.2) is 5.11 Å². The Morgan fingerprint density at radius 3 is 2.25 bits per heavy atom. The van der Waals surface area contributed by atoms with E-state index in [0.717, 1.165) is 19.3 Å². The minimum absolute atomic E-state index is 0.127. The van der Waals surface area contributed by atoms with Gasteiger partial charge >= 0.3 is 0 Å². The van der Waals surface area contributed by atoms with Crippen molar-refractivity contribution in [3.8, 4) is 5.75 Å². The highest BCUT2D eigenvalue weighted by molar-refractivity contribution is 7.89. The van der Waals surface area contributed by atoms with Crippen LogP contribution in [0.5, 0.6) is 5.75 Å². The van der Waals surface area contributed by atoms with Gasteiger partial charge in [0, 0.05) is 24.3 Å². The molecule has 1 amide bonds. The number of rotatable bonds is 7. The summed E-state index contributed by atoms with van der Waals surface area (Å²) in [7, 11) is -3.48. The molecule has 2 N–H and O–H groups in total. The Kier molecular flexibility index (Phi) is 8.22. The lowest BCUT2D eigenvalue weighted by Crippen LogP contribution is -2.35. The van der Waals surface area contributed by atoms with Gasteiger partial charge in [-0.05, 0) is 79.5 Å². The molecule has 9 heteroatoms. The fraction of sp³-hybridized carbons (Fsp3) is 0.391. The first-order valence-corrected chi connectivity index (χ1v) is 12.6. The maximum atomic E-state index is 12.7. The Labute approximate surface area is 195 Å². The molecule has 0 aliphatic carbocycles. The first-order chi connectivity index (χ1) is 15.3. The Morgan fingerprint density at radius 1 is 1.03 bits per heavy atom. The van der Waals surface area contributed by atoms with Crippen molar-refractivity contribution in [1.82, 2.24) is 9.62 Å². The van der Waals surface area contributed by atoms with Gasteiger partial charge in [-0.25, -0.2) is 8.42 Å². The number of nitrogens with zero attached hydrogens (tertiary/aromatic N) is 1. The average Bonchev–Trinajstić information content (AvgIpc) is 2.79. The number of ether oxygens (including phenoxy) is 1. The van der Waals surface area contributed by atoms with Crippen molar-refractivity contribution in [2.45, 2.75) is 38.0 Å². The van der Waals surface area contributed by atoms with Crippen LogP contribution in [0.2, 0.25) is 0 Å². The average molecular weight is 476 g/mol. The molecular weight excluding hydrogens is 446 g/mol. The van der Waals surface area contributed by atoms with Gasteiger partial charge in [0.1, 0.15) is 5.75 Å². The Bertz CT molecular complexity index is 1030. The van der Waals surface area contributed by atoms with Crippen LogP contribution in [0.25, 0.3) is 0 Å². The molecule has 2 aromatic carbocycles. The number of hydrogen-bond donors (Lipinski definition) is 2. The second-order valence-electron chi connectivity index (χ2n) is 8.13. The number of carbonyl (C=O) groups is 1. The molecule has 1 heterocycles. The van der Waals surface area contributed by atoms with Crippen LogP contribution in [-0.4, -0.2) is 43.4 Å². The standard InChI is InChI=1S/C23H29N3O4S2/c1-17(2)16-30-20-10-6-18(7-11-20)22(27)25-23(31)24-19-8-12-21(13-9-19)32(28,29)26-14-4-3-5-15-26/h6-13,17H,3-5,14-16H2,1-2H3,(H2,24,25,27,31). The number of hydrogen-bond acceptors (Lipinski definition) is 5. The lowest BCUT2D eigenvalue weighted by atomic mass is 10.2. The molecule has 0 bridgehead atoms. The molecule has 1 aliphatic heterocycles. The topological polar surface area (TPSA) is 87.7 Å². The van der Waals surface area contributed by atoms with Gasteiger partial charge in [0.2, 0.25) is 10.0 Å². The third-order valence-electron chi connectivity index (χ3n) is 4.99. The van der Waals surface area contributed by atoms with Crippen LogP contribution in [0.1, 0.15) is 43.5 Å². The van der Waals surface area contributed by atoms with E-state index in [1.165, 1.54) is 4.31 Å². The van der Waals surface area contributed by atoms with Crippen molar-refractivity contribution in [1.29, 1.82) is 0 Å². The lowest BCUT2D eigenvalue weighted by molar-refractivity contribution is 0.0977. The first-order valence-electron chi connectivity index (χ1n) is 10.7. The van der Waals surface area contributed by atoms with Crippen molar-refractivity contribution in [2.24, 2.45) is 5.92 Å². The van der Waals surface area contributed by atoms with Crippen LogP contribution in [0.3, 0.4) is 0 Å². The number of thiocarbonyl (C=S) groups is 1. The first kappa shape index (κ1) is 24.2. The smallest absolute Gasteiger partial charge is 0.257 e. The highest BCUT2D eigenvalue weighted by Crippen LogP contribution is 2.22. The maximum Gasteiger partial charge on any atom is 0.257 e. The molecule has 0 aromatic heterocycles. The van der Waals surface area contributed by atoms with Crippen molar-refractivity contribution in [3.05, 3.63) is 54.1 Å². The minimum atomic E-state index is -3.48. The largest absolute Gasteiger partial charge is 0.493 e. The van der Waals surface area contributed by atoms with Crippen LogP contribution in [0.4, 0.5) is 5.69 Å². The summed E-state index contributed by atoms with van der Waals surface area (Å²) >= 11 is 5.22. The van der Waals surface area contributed by atoms with E-state index < -0.39 is 10.0 Å². The summed E-state index contributed by atoms with van der Waals surface area (Å²) in [6.45, 7) is 5.86. The molecule has 0 spiro atoms. The fourth-order valence-electron chi connectivity index (χ4n) is 3.27. The highest BCUT2D eigenvalue weighted by Gasteiger charge is 2.25. The van der Waals surface area contributed by atoms with Gasteiger partial charge in [0.05, 0.1) is 11.5 Å².